The molecule has 55 valence electrons. The molecule has 0 aliphatic rings. The lowest BCUT2D eigenvalue weighted by atomic mass is 9.73. The minimum Gasteiger partial charge on any atom is -0.394 e. The zero-order chi connectivity index (χ0) is 7.70. The molecule has 0 fully saturated rings. The summed E-state index contributed by atoms with van der Waals surface area (Å²) in [5.41, 5.74) is 0. The predicted octanol–water partition coefficient (Wildman–Crippen LogP) is 1.95. The van der Waals surface area contributed by atoms with Crippen molar-refractivity contribution in [3.8, 4) is 0 Å². The summed E-state index contributed by atoms with van der Waals surface area (Å²) in [4.78, 5) is 0. The maximum absolute atomic E-state index is 8.06. The summed E-state index contributed by atoms with van der Waals surface area (Å²) in [7, 11) is 2.25. The fourth-order valence-electron chi connectivity index (χ4n) is 0.289. The van der Waals surface area contributed by atoms with E-state index in [4.69, 9.17) is 5.11 Å². The quantitative estimate of drug-likeness (QED) is 0.565. The van der Waals surface area contributed by atoms with Gasteiger partial charge in [0.2, 0.25) is 0 Å². The molecule has 0 heterocycles. The van der Waals surface area contributed by atoms with E-state index in [0.717, 1.165) is 0 Å². The summed E-state index contributed by atoms with van der Waals surface area (Å²) in [5.74, 6) is 0. The van der Waals surface area contributed by atoms with Crippen LogP contribution >= 0.6 is 0 Å². The Morgan fingerprint density at radius 1 is 1.22 bits per heavy atom. The van der Waals surface area contributed by atoms with Crippen LogP contribution in [0.25, 0.3) is 0 Å². The molecule has 1 radical (unpaired) electrons. The lowest BCUT2D eigenvalue weighted by Gasteiger charge is -1.80. The third-order valence-corrected chi connectivity index (χ3v) is 0.577. The number of aliphatic hydroxyl groups excluding tert-OH is 1. The topological polar surface area (TPSA) is 20.2 Å². The fourth-order valence-corrected chi connectivity index (χ4v) is 0.289. The molecule has 0 aromatic rings. The molecule has 0 saturated heterocycles. The van der Waals surface area contributed by atoms with Gasteiger partial charge in [-0.3, -0.25) is 0 Å². The Balaban J connectivity index is 0. The van der Waals surface area contributed by atoms with Gasteiger partial charge in [0.25, 0.3) is 0 Å². The van der Waals surface area contributed by atoms with Gasteiger partial charge in [0.15, 0.2) is 0 Å². The third-order valence-electron chi connectivity index (χ3n) is 0.577. The van der Waals surface area contributed by atoms with Gasteiger partial charge in [0, 0.05) is 6.10 Å². The van der Waals surface area contributed by atoms with Crippen molar-refractivity contribution in [1.29, 1.82) is 0 Å². The first-order chi connectivity index (χ1) is 4.15. The molecular formula is C7H18BO. The zero-order valence-corrected chi connectivity index (χ0v) is 7.02. The highest BCUT2D eigenvalue weighted by atomic mass is 16.3. The van der Waals surface area contributed by atoms with E-state index < -0.39 is 0 Å². The molecule has 0 unspecified atom stereocenters. The van der Waals surface area contributed by atoms with Gasteiger partial charge in [-0.05, 0) is 13.8 Å². The van der Waals surface area contributed by atoms with Gasteiger partial charge in [0.1, 0.15) is 7.28 Å². The third kappa shape index (κ3) is 71.0. The van der Waals surface area contributed by atoms with Crippen molar-refractivity contribution in [2.45, 2.75) is 46.4 Å². The summed E-state index contributed by atoms with van der Waals surface area (Å²) in [6.07, 6.45) is 2.27. The van der Waals surface area contributed by atoms with Crippen molar-refractivity contribution in [3.63, 3.8) is 0 Å². The standard InChI is InChI=1S/C4H10B.C3H8O/c1-3-5-4-2;1-3(2)4/h3-4H2,1-2H3;3-4H,1-2H3. The molecule has 0 spiro atoms. The monoisotopic (exact) mass is 129 g/mol. The summed E-state index contributed by atoms with van der Waals surface area (Å²) in [6.45, 7) is 7.76. The van der Waals surface area contributed by atoms with E-state index in [1.165, 1.54) is 12.6 Å². The normalized spacial score (nSPS) is 8.22. The van der Waals surface area contributed by atoms with Crippen LogP contribution in [-0.2, 0) is 0 Å². The van der Waals surface area contributed by atoms with Crippen LogP contribution in [0.15, 0.2) is 0 Å². The van der Waals surface area contributed by atoms with Gasteiger partial charge in [-0.1, -0.05) is 26.5 Å². The minimum atomic E-state index is -0.167. The molecule has 2 heteroatoms. The van der Waals surface area contributed by atoms with E-state index in [1.807, 2.05) is 0 Å². The molecule has 0 aromatic heterocycles. The highest BCUT2D eigenvalue weighted by molar-refractivity contribution is 6.34. The van der Waals surface area contributed by atoms with Gasteiger partial charge < -0.3 is 5.11 Å². The van der Waals surface area contributed by atoms with Crippen molar-refractivity contribution in [3.05, 3.63) is 0 Å². The van der Waals surface area contributed by atoms with E-state index in [9.17, 15) is 0 Å². The van der Waals surface area contributed by atoms with E-state index in [1.54, 1.807) is 13.8 Å². The van der Waals surface area contributed by atoms with Crippen molar-refractivity contribution < 1.29 is 5.11 Å². The van der Waals surface area contributed by atoms with Gasteiger partial charge >= 0.3 is 0 Å². The summed E-state index contributed by atoms with van der Waals surface area (Å²) in [5, 5.41) is 8.06. The van der Waals surface area contributed by atoms with Gasteiger partial charge in [0.05, 0.1) is 0 Å². The molecular weight excluding hydrogens is 111 g/mol. The molecule has 1 nitrogen and oxygen atoms in total. The molecule has 0 rings (SSSR count). The molecule has 0 saturated carbocycles. The Bertz CT molecular complexity index is 33.1. The fraction of sp³-hybridized carbons (Fsp3) is 1.00. The SMILES string of the molecule is CC(C)O.CC[B]CC. The second-order valence-electron chi connectivity index (χ2n) is 2.20. The average molecular weight is 129 g/mol. The summed E-state index contributed by atoms with van der Waals surface area (Å²) in [6, 6.07) is 0. The van der Waals surface area contributed by atoms with Crippen LogP contribution in [0.3, 0.4) is 0 Å². The lowest BCUT2D eigenvalue weighted by molar-refractivity contribution is 0.216. The molecule has 0 atom stereocenters. The van der Waals surface area contributed by atoms with E-state index in [2.05, 4.69) is 21.1 Å². The van der Waals surface area contributed by atoms with Crippen LogP contribution in [0.5, 0.6) is 0 Å². The summed E-state index contributed by atoms with van der Waals surface area (Å²) < 4.78 is 0. The van der Waals surface area contributed by atoms with Gasteiger partial charge in [-0.25, -0.2) is 0 Å². The van der Waals surface area contributed by atoms with Crippen LogP contribution in [0.4, 0.5) is 0 Å². The van der Waals surface area contributed by atoms with Crippen LogP contribution in [0, 0.1) is 0 Å². The number of hydrogen-bond donors (Lipinski definition) is 1. The van der Waals surface area contributed by atoms with Crippen molar-refractivity contribution in [1.82, 2.24) is 0 Å². The Hall–Kier alpha value is 0.0249. The van der Waals surface area contributed by atoms with E-state index in [0.29, 0.717) is 0 Å². The molecule has 0 aromatic carbocycles. The first kappa shape index (κ1) is 11.8. The Labute approximate surface area is 59.7 Å². The van der Waals surface area contributed by atoms with Crippen LogP contribution in [-0.4, -0.2) is 18.5 Å². The first-order valence-corrected chi connectivity index (χ1v) is 3.64. The van der Waals surface area contributed by atoms with E-state index >= 15 is 0 Å². The molecule has 9 heavy (non-hydrogen) atoms. The highest BCUT2D eigenvalue weighted by Gasteiger charge is 1.72. The van der Waals surface area contributed by atoms with Crippen LogP contribution < -0.4 is 0 Å². The zero-order valence-electron chi connectivity index (χ0n) is 7.02. The smallest absolute Gasteiger partial charge is 0.108 e. The van der Waals surface area contributed by atoms with Crippen molar-refractivity contribution in [2.75, 3.05) is 0 Å². The second-order valence-corrected chi connectivity index (χ2v) is 2.20. The summed E-state index contributed by atoms with van der Waals surface area (Å²) >= 11 is 0. The maximum atomic E-state index is 8.06. The number of aliphatic hydroxyl groups is 1. The lowest BCUT2D eigenvalue weighted by Crippen LogP contribution is -1.85. The average Bonchev–Trinajstić information content (AvgIpc) is 1.66. The number of rotatable bonds is 2. The molecule has 1 N–H and O–H groups in total. The largest absolute Gasteiger partial charge is 0.394 e. The van der Waals surface area contributed by atoms with E-state index in [-0.39, 0.29) is 6.10 Å². The number of hydrogen-bond acceptors (Lipinski definition) is 1. The highest BCUT2D eigenvalue weighted by Crippen LogP contribution is 1.77. The Morgan fingerprint density at radius 2 is 1.44 bits per heavy atom. The molecule has 0 aliphatic heterocycles. The van der Waals surface area contributed by atoms with Crippen molar-refractivity contribution >= 4 is 7.28 Å². The molecule has 0 bridgehead atoms. The first-order valence-electron chi connectivity index (χ1n) is 3.64. The van der Waals surface area contributed by atoms with Crippen LogP contribution in [0.1, 0.15) is 27.7 Å². The van der Waals surface area contributed by atoms with Gasteiger partial charge in [-0.2, -0.15) is 0 Å². The second kappa shape index (κ2) is 10.9. The predicted molar refractivity (Wildman–Crippen MR) is 44.1 cm³/mol. The molecule has 0 aliphatic carbocycles. The van der Waals surface area contributed by atoms with Crippen molar-refractivity contribution in [2.24, 2.45) is 0 Å². The Kier molecular flexibility index (Phi) is 14.3. The van der Waals surface area contributed by atoms with Crippen LogP contribution in [0.2, 0.25) is 12.6 Å². The maximum Gasteiger partial charge on any atom is 0.108 e. The van der Waals surface area contributed by atoms with Gasteiger partial charge in [-0.15, -0.1) is 0 Å². The Morgan fingerprint density at radius 3 is 1.44 bits per heavy atom. The minimum absolute atomic E-state index is 0.167. The molecule has 0 amide bonds.